The van der Waals surface area contributed by atoms with E-state index in [1.54, 1.807) is 30.5 Å². The summed E-state index contributed by atoms with van der Waals surface area (Å²) in [6.45, 7) is 0.369. The molecule has 0 bridgehead atoms. The van der Waals surface area contributed by atoms with Crippen LogP contribution in [0.2, 0.25) is 5.02 Å². The normalized spacial score (nSPS) is 10.2. The number of aromatic nitrogens is 2. The molecule has 2 aromatic rings. The number of ether oxygens (including phenoxy) is 1. The number of nitrogens with zero attached hydrogens (tertiary/aromatic N) is 1. The molecule has 1 heterocycles. The molecule has 0 saturated heterocycles. The third-order valence-corrected chi connectivity index (χ3v) is 2.20. The van der Waals surface area contributed by atoms with Gasteiger partial charge in [-0.1, -0.05) is 11.6 Å². The van der Waals surface area contributed by atoms with Crippen molar-refractivity contribution >= 4 is 17.3 Å². The van der Waals surface area contributed by atoms with Crippen LogP contribution in [-0.2, 0) is 6.61 Å². The van der Waals surface area contributed by atoms with Crippen LogP contribution < -0.4 is 10.5 Å². The molecule has 3 N–H and O–H groups in total. The molecule has 1 aromatic carbocycles. The molecule has 0 aliphatic heterocycles. The van der Waals surface area contributed by atoms with Crippen molar-refractivity contribution in [3.63, 3.8) is 0 Å². The van der Waals surface area contributed by atoms with Crippen LogP contribution in [0.5, 0.6) is 5.75 Å². The Morgan fingerprint density at radius 1 is 1.33 bits per heavy atom. The van der Waals surface area contributed by atoms with Crippen molar-refractivity contribution in [2.75, 3.05) is 5.73 Å². The molecule has 2 rings (SSSR count). The van der Waals surface area contributed by atoms with Crippen molar-refractivity contribution in [3.05, 3.63) is 41.2 Å². The number of hydrogen-bond acceptors (Lipinski definition) is 3. The first-order chi connectivity index (χ1) is 7.25. The molecule has 4 nitrogen and oxygen atoms in total. The van der Waals surface area contributed by atoms with Crippen molar-refractivity contribution in [1.82, 2.24) is 10.2 Å². The first-order valence-electron chi connectivity index (χ1n) is 4.42. The molecular weight excluding hydrogens is 214 g/mol. The summed E-state index contributed by atoms with van der Waals surface area (Å²) in [5.41, 5.74) is 7.00. The van der Waals surface area contributed by atoms with Crippen LogP contribution in [0.15, 0.2) is 30.5 Å². The van der Waals surface area contributed by atoms with Gasteiger partial charge in [-0.25, -0.2) is 0 Å². The summed E-state index contributed by atoms with van der Waals surface area (Å²) in [6, 6.07) is 7.14. The Morgan fingerprint density at radius 2 is 2.07 bits per heavy atom. The van der Waals surface area contributed by atoms with E-state index in [1.807, 2.05) is 0 Å². The minimum atomic E-state index is 0.369. The molecule has 0 aliphatic rings. The molecule has 0 fully saturated rings. The van der Waals surface area contributed by atoms with Crippen molar-refractivity contribution in [2.45, 2.75) is 6.61 Å². The maximum absolute atomic E-state index is 5.74. The number of H-pyrrole nitrogens is 1. The Balaban J connectivity index is 1.99. The highest BCUT2D eigenvalue weighted by Crippen LogP contribution is 2.17. The lowest BCUT2D eigenvalue weighted by molar-refractivity contribution is 0.302. The third kappa shape index (κ3) is 2.41. The van der Waals surface area contributed by atoms with Gasteiger partial charge in [-0.2, -0.15) is 5.10 Å². The van der Waals surface area contributed by atoms with E-state index >= 15 is 0 Å². The Bertz CT molecular complexity index is 438. The Morgan fingerprint density at radius 3 is 2.67 bits per heavy atom. The van der Waals surface area contributed by atoms with Gasteiger partial charge in [-0.05, 0) is 24.3 Å². The second-order valence-electron chi connectivity index (χ2n) is 3.05. The van der Waals surface area contributed by atoms with E-state index in [2.05, 4.69) is 10.2 Å². The molecule has 0 saturated carbocycles. The lowest BCUT2D eigenvalue weighted by Crippen LogP contribution is -1.99. The van der Waals surface area contributed by atoms with E-state index in [0.717, 1.165) is 11.4 Å². The Labute approximate surface area is 92.0 Å². The average Bonchev–Trinajstić information content (AvgIpc) is 2.63. The fraction of sp³-hybridized carbons (Fsp3) is 0.100. The summed E-state index contributed by atoms with van der Waals surface area (Å²) < 4.78 is 5.48. The number of halogens is 1. The number of anilines is 1. The maximum Gasteiger partial charge on any atom is 0.132 e. The van der Waals surface area contributed by atoms with Gasteiger partial charge in [-0.15, -0.1) is 0 Å². The van der Waals surface area contributed by atoms with Crippen LogP contribution in [0, 0.1) is 0 Å². The molecule has 0 aliphatic carbocycles. The smallest absolute Gasteiger partial charge is 0.132 e. The van der Waals surface area contributed by atoms with Crippen LogP contribution in [0.1, 0.15) is 5.69 Å². The largest absolute Gasteiger partial charge is 0.487 e. The number of hydrogen-bond donors (Lipinski definition) is 2. The maximum atomic E-state index is 5.74. The number of nitrogens with one attached hydrogen (secondary N) is 1. The molecular formula is C10H10ClN3O. The summed E-state index contributed by atoms with van der Waals surface area (Å²) in [5, 5.41) is 7.24. The number of nitrogens with two attached hydrogens (primary N) is 1. The van der Waals surface area contributed by atoms with Gasteiger partial charge in [0.15, 0.2) is 0 Å². The Hall–Kier alpha value is -1.68. The number of aromatic amines is 1. The van der Waals surface area contributed by atoms with E-state index in [9.17, 15) is 0 Å². The fourth-order valence-electron chi connectivity index (χ4n) is 1.12. The number of rotatable bonds is 3. The topological polar surface area (TPSA) is 63.9 Å². The predicted molar refractivity (Wildman–Crippen MR) is 58.8 cm³/mol. The van der Waals surface area contributed by atoms with Gasteiger partial charge in [0.25, 0.3) is 0 Å². The van der Waals surface area contributed by atoms with Crippen molar-refractivity contribution in [1.29, 1.82) is 0 Å². The number of nitrogen functional groups attached to an aromatic ring is 1. The molecule has 78 valence electrons. The minimum absolute atomic E-state index is 0.369. The highest BCUT2D eigenvalue weighted by Gasteiger charge is 2.01. The van der Waals surface area contributed by atoms with E-state index in [-0.39, 0.29) is 0 Å². The highest BCUT2D eigenvalue weighted by atomic mass is 35.5. The van der Waals surface area contributed by atoms with Gasteiger partial charge in [-0.3, -0.25) is 5.10 Å². The fourth-order valence-corrected chi connectivity index (χ4v) is 1.25. The van der Waals surface area contributed by atoms with Gasteiger partial charge in [0.1, 0.15) is 12.4 Å². The monoisotopic (exact) mass is 223 g/mol. The summed E-state index contributed by atoms with van der Waals surface area (Å²) in [5.74, 6) is 0.744. The lowest BCUT2D eigenvalue weighted by Gasteiger charge is -2.04. The molecule has 0 amide bonds. The van der Waals surface area contributed by atoms with Crippen molar-refractivity contribution in [3.8, 4) is 5.75 Å². The number of benzene rings is 1. The standard InChI is InChI=1S/C10H10ClN3O/c11-7-1-3-8(4-2-7)15-6-10-9(12)5-13-14-10/h1-5H,6,12H2,(H,13,14). The van der Waals surface area contributed by atoms with Crippen molar-refractivity contribution in [2.24, 2.45) is 0 Å². The first kappa shape index (κ1) is 9.86. The quantitative estimate of drug-likeness (QED) is 0.839. The average molecular weight is 224 g/mol. The molecule has 1 aromatic heterocycles. The van der Waals surface area contributed by atoms with Crippen LogP contribution in [0.4, 0.5) is 5.69 Å². The van der Waals surface area contributed by atoms with Crippen LogP contribution in [-0.4, -0.2) is 10.2 Å². The predicted octanol–water partition coefficient (Wildman–Crippen LogP) is 2.22. The van der Waals surface area contributed by atoms with Crippen LogP contribution >= 0.6 is 11.6 Å². The summed E-state index contributed by atoms with van der Waals surface area (Å²) in [6.07, 6.45) is 1.56. The first-order valence-corrected chi connectivity index (χ1v) is 4.79. The third-order valence-electron chi connectivity index (χ3n) is 1.95. The zero-order valence-electron chi connectivity index (χ0n) is 7.90. The van der Waals surface area contributed by atoms with Gasteiger partial charge < -0.3 is 10.5 Å². The molecule has 0 radical (unpaired) electrons. The molecule has 15 heavy (non-hydrogen) atoms. The highest BCUT2D eigenvalue weighted by molar-refractivity contribution is 6.30. The van der Waals surface area contributed by atoms with Crippen LogP contribution in [0.25, 0.3) is 0 Å². The molecule has 0 spiro atoms. The van der Waals surface area contributed by atoms with Gasteiger partial charge in [0, 0.05) is 5.02 Å². The van der Waals surface area contributed by atoms with Crippen LogP contribution in [0.3, 0.4) is 0 Å². The van der Waals surface area contributed by atoms with E-state index in [4.69, 9.17) is 22.1 Å². The second-order valence-corrected chi connectivity index (χ2v) is 3.48. The second kappa shape index (κ2) is 4.23. The molecule has 5 heteroatoms. The summed E-state index contributed by atoms with van der Waals surface area (Å²) >= 11 is 5.74. The lowest BCUT2D eigenvalue weighted by atomic mass is 10.3. The summed E-state index contributed by atoms with van der Waals surface area (Å²) in [4.78, 5) is 0. The van der Waals surface area contributed by atoms with Gasteiger partial charge in [0.2, 0.25) is 0 Å². The van der Waals surface area contributed by atoms with Gasteiger partial charge in [0.05, 0.1) is 17.6 Å². The zero-order chi connectivity index (χ0) is 10.7. The Kier molecular flexibility index (Phi) is 2.78. The zero-order valence-corrected chi connectivity index (χ0v) is 8.66. The van der Waals surface area contributed by atoms with E-state index in [0.29, 0.717) is 17.3 Å². The van der Waals surface area contributed by atoms with E-state index in [1.165, 1.54) is 0 Å². The van der Waals surface area contributed by atoms with Gasteiger partial charge >= 0.3 is 0 Å². The summed E-state index contributed by atoms with van der Waals surface area (Å²) in [7, 11) is 0. The minimum Gasteiger partial charge on any atom is -0.487 e. The SMILES string of the molecule is Nc1cn[nH]c1COc1ccc(Cl)cc1. The van der Waals surface area contributed by atoms with Crippen molar-refractivity contribution < 1.29 is 4.74 Å². The molecule has 0 atom stereocenters. The van der Waals surface area contributed by atoms with E-state index < -0.39 is 0 Å². The molecule has 0 unspecified atom stereocenters.